The zero-order valence-corrected chi connectivity index (χ0v) is 14.3. The Kier molecular flexibility index (Phi) is 6.87. The number of rotatable bonds is 7. The second kappa shape index (κ2) is 7.91. The summed E-state index contributed by atoms with van der Waals surface area (Å²) >= 11 is 3.55. The van der Waals surface area contributed by atoms with Gasteiger partial charge in [-0.2, -0.15) is 0 Å². The van der Waals surface area contributed by atoms with Gasteiger partial charge in [-0.1, -0.05) is 36.7 Å². The molecule has 0 aliphatic rings. The number of halogens is 1. The Bertz CT molecular complexity index is 392. The molecule has 0 bridgehead atoms. The third kappa shape index (κ3) is 4.81. The summed E-state index contributed by atoms with van der Waals surface area (Å²) in [5.74, 6) is 2.22. The molecular formula is C16H26BrNO. The molecule has 1 N–H and O–H groups in total. The van der Waals surface area contributed by atoms with Gasteiger partial charge < -0.3 is 10.1 Å². The summed E-state index contributed by atoms with van der Waals surface area (Å²) in [6.07, 6.45) is 1.04. The first-order valence-corrected chi connectivity index (χ1v) is 7.84. The van der Waals surface area contributed by atoms with Crippen molar-refractivity contribution in [2.24, 2.45) is 11.8 Å². The van der Waals surface area contributed by atoms with E-state index in [-0.39, 0.29) is 0 Å². The lowest BCUT2D eigenvalue weighted by atomic mass is 9.83. The van der Waals surface area contributed by atoms with Gasteiger partial charge in [0, 0.05) is 10.5 Å². The first-order chi connectivity index (χ1) is 8.99. The Balaban J connectivity index is 2.92. The van der Waals surface area contributed by atoms with Gasteiger partial charge in [0.15, 0.2) is 0 Å². The van der Waals surface area contributed by atoms with E-state index in [1.807, 2.05) is 12.1 Å². The van der Waals surface area contributed by atoms with Crippen LogP contribution in [-0.4, -0.2) is 19.7 Å². The fourth-order valence-electron chi connectivity index (χ4n) is 2.62. The number of nitrogens with one attached hydrogen (secondary N) is 1. The molecule has 2 atom stereocenters. The van der Waals surface area contributed by atoms with Gasteiger partial charge in [-0.15, -0.1) is 0 Å². The number of ether oxygens (including phenoxy) is 1. The smallest absolute Gasteiger partial charge is 0.122 e. The van der Waals surface area contributed by atoms with Gasteiger partial charge in [-0.3, -0.25) is 0 Å². The lowest BCUT2D eigenvalue weighted by Gasteiger charge is -2.29. The van der Waals surface area contributed by atoms with Crippen LogP contribution in [0.1, 0.15) is 33.3 Å². The van der Waals surface area contributed by atoms with Crippen molar-refractivity contribution in [1.82, 2.24) is 5.32 Å². The summed E-state index contributed by atoms with van der Waals surface area (Å²) in [5.41, 5.74) is 1.28. The van der Waals surface area contributed by atoms with Crippen LogP contribution < -0.4 is 10.1 Å². The molecule has 3 heteroatoms. The summed E-state index contributed by atoms with van der Waals surface area (Å²) in [7, 11) is 1.74. The Morgan fingerprint density at radius 2 is 1.95 bits per heavy atom. The molecule has 0 amide bonds. The summed E-state index contributed by atoms with van der Waals surface area (Å²) in [4.78, 5) is 0. The zero-order chi connectivity index (χ0) is 14.4. The first-order valence-electron chi connectivity index (χ1n) is 7.05. The van der Waals surface area contributed by atoms with Crippen LogP contribution in [0.5, 0.6) is 5.75 Å². The van der Waals surface area contributed by atoms with Crippen LogP contribution in [0.15, 0.2) is 22.7 Å². The highest BCUT2D eigenvalue weighted by molar-refractivity contribution is 9.10. The topological polar surface area (TPSA) is 21.3 Å². The van der Waals surface area contributed by atoms with Gasteiger partial charge in [-0.25, -0.2) is 0 Å². The molecule has 0 saturated carbocycles. The van der Waals surface area contributed by atoms with E-state index in [9.17, 15) is 0 Å². The summed E-state index contributed by atoms with van der Waals surface area (Å²) in [6.45, 7) is 10.0. The van der Waals surface area contributed by atoms with Crippen molar-refractivity contribution >= 4 is 15.9 Å². The van der Waals surface area contributed by atoms with Crippen LogP contribution in [0.2, 0.25) is 0 Å². The lowest BCUT2D eigenvalue weighted by molar-refractivity contribution is 0.288. The van der Waals surface area contributed by atoms with Crippen LogP contribution in [0, 0.1) is 11.8 Å². The molecule has 0 radical (unpaired) electrons. The van der Waals surface area contributed by atoms with Gasteiger partial charge in [0.25, 0.3) is 0 Å². The van der Waals surface area contributed by atoms with E-state index in [1.54, 1.807) is 7.11 Å². The van der Waals surface area contributed by atoms with Crippen LogP contribution in [0.25, 0.3) is 0 Å². The number of benzene rings is 1. The van der Waals surface area contributed by atoms with Gasteiger partial charge in [0.2, 0.25) is 0 Å². The molecule has 0 heterocycles. The highest BCUT2D eigenvalue weighted by Gasteiger charge is 2.22. The molecule has 2 nitrogen and oxygen atoms in total. The van der Waals surface area contributed by atoms with Crippen molar-refractivity contribution in [1.29, 1.82) is 0 Å². The molecule has 19 heavy (non-hydrogen) atoms. The summed E-state index contributed by atoms with van der Waals surface area (Å²) < 4.78 is 6.59. The fraction of sp³-hybridized carbons (Fsp3) is 0.625. The zero-order valence-electron chi connectivity index (χ0n) is 12.7. The van der Waals surface area contributed by atoms with Crippen LogP contribution in [0.4, 0.5) is 0 Å². The minimum atomic E-state index is 0.508. The average Bonchev–Trinajstić information content (AvgIpc) is 2.36. The highest BCUT2D eigenvalue weighted by Crippen LogP contribution is 2.29. The van der Waals surface area contributed by atoms with E-state index in [0.29, 0.717) is 17.9 Å². The predicted octanol–water partition coefficient (Wildman–Crippen LogP) is 4.27. The number of hydrogen-bond acceptors (Lipinski definition) is 2. The van der Waals surface area contributed by atoms with E-state index in [0.717, 1.165) is 23.2 Å². The average molecular weight is 328 g/mol. The normalized spacial score (nSPS) is 14.5. The van der Waals surface area contributed by atoms with Crippen molar-refractivity contribution in [3.8, 4) is 5.75 Å². The quantitative estimate of drug-likeness (QED) is 0.807. The molecule has 1 aromatic rings. The highest BCUT2D eigenvalue weighted by atomic mass is 79.9. The Hall–Kier alpha value is -0.540. The van der Waals surface area contributed by atoms with E-state index in [1.165, 1.54) is 5.56 Å². The Labute approximate surface area is 126 Å². The molecule has 108 valence electrons. The Morgan fingerprint density at radius 3 is 2.47 bits per heavy atom. The Morgan fingerprint density at radius 1 is 1.26 bits per heavy atom. The molecule has 0 spiro atoms. The number of hydrogen-bond donors (Lipinski definition) is 1. The molecule has 1 rings (SSSR count). The van der Waals surface area contributed by atoms with Crippen LogP contribution >= 0.6 is 15.9 Å². The monoisotopic (exact) mass is 327 g/mol. The first kappa shape index (κ1) is 16.5. The second-order valence-corrected chi connectivity index (χ2v) is 6.33. The largest absolute Gasteiger partial charge is 0.496 e. The molecule has 1 aromatic carbocycles. The molecule has 0 aliphatic heterocycles. The summed E-state index contributed by atoms with van der Waals surface area (Å²) in [6, 6.07) is 6.75. The van der Waals surface area contributed by atoms with E-state index in [2.05, 4.69) is 55.0 Å². The minimum absolute atomic E-state index is 0.508. The summed E-state index contributed by atoms with van der Waals surface area (Å²) in [5, 5.41) is 3.55. The van der Waals surface area contributed by atoms with Crippen LogP contribution in [0.3, 0.4) is 0 Å². The van der Waals surface area contributed by atoms with Gasteiger partial charge in [0.1, 0.15) is 5.75 Å². The van der Waals surface area contributed by atoms with E-state index < -0.39 is 0 Å². The van der Waals surface area contributed by atoms with Crippen molar-refractivity contribution < 1.29 is 4.74 Å². The minimum Gasteiger partial charge on any atom is -0.496 e. The molecule has 2 unspecified atom stereocenters. The number of methoxy groups -OCH3 is 1. The predicted molar refractivity (Wildman–Crippen MR) is 85.9 cm³/mol. The van der Waals surface area contributed by atoms with Crippen molar-refractivity contribution in [3.05, 3.63) is 28.2 Å². The molecular weight excluding hydrogens is 302 g/mol. The molecule has 0 aromatic heterocycles. The lowest BCUT2D eigenvalue weighted by Crippen LogP contribution is -2.37. The van der Waals surface area contributed by atoms with Gasteiger partial charge >= 0.3 is 0 Å². The second-order valence-electron chi connectivity index (χ2n) is 5.41. The SMILES string of the molecule is CCNC(C)C(Cc1cc(Br)ccc1OC)C(C)C. The van der Waals surface area contributed by atoms with E-state index >= 15 is 0 Å². The maximum Gasteiger partial charge on any atom is 0.122 e. The molecule has 0 saturated heterocycles. The van der Waals surface area contributed by atoms with Gasteiger partial charge in [-0.05, 0) is 55.5 Å². The molecule has 0 fully saturated rings. The standard InChI is InChI=1S/C16H26BrNO/c1-6-18-12(4)15(11(2)3)10-13-9-14(17)7-8-16(13)19-5/h7-9,11-12,15,18H,6,10H2,1-5H3. The molecule has 0 aliphatic carbocycles. The maximum atomic E-state index is 5.48. The maximum absolute atomic E-state index is 5.48. The van der Waals surface area contributed by atoms with Crippen molar-refractivity contribution in [3.63, 3.8) is 0 Å². The van der Waals surface area contributed by atoms with Crippen LogP contribution in [-0.2, 0) is 6.42 Å². The van der Waals surface area contributed by atoms with E-state index in [4.69, 9.17) is 4.74 Å². The third-order valence-corrected chi connectivity index (χ3v) is 4.22. The van der Waals surface area contributed by atoms with Crippen molar-refractivity contribution in [2.75, 3.05) is 13.7 Å². The van der Waals surface area contributed by atoms with Crippen molar-refractivity contribution in [2.45, 2.75) is 40.2 Å². The third-order valence-electron chi connectivity index (χ3n) is 3.72. The fourth-order valence-corrected chi connectivity index (χ4v) is 3.03. The van der Waals surface area contributed by atoms with Gasteiger partial charge in [0.05, 0.1) is 7.11 Å².